The Balaban J connectivity index is 1.92. The van der Waals surface area contributed by atoms with Gasteiger partial charge >= 0.3 is 0 Å². The fourth-order valence-corrected chi connectivity index (χ4v) is 2.63. The van der Waals surface area contributed by atoms with Gasteiger partial charge in [-0.3, -0.25) is 9.59 Å². The first-order valence-electron chi connectivity index (χ1n) is 9.31. The Bertz CT molecular complexity index is 752. The van der Waals surface area contributed by atoms with Gasteiger partial charge in [0.1, 0.15) is 5.75 Å². The minimum Gasteiger partial charge on any atom is -0.484 e. The Morgan fingerprint density at radius 2 is 1.52 bits per heavy atom. The molecule has 5 heteroatoms. The number of carbonyl (C=O) groups excluding carboxylic acids is 2. The third-order valence-corrected chi connectivity index (χ3v) is 4.31. The minimum absolute atomic E-state index is 0.0389. The van der Waals surface area contributed by atoms with Crippen molar-refractivity contribution in [2.75, 3.05) is 13.2 Å². The summed E-state index contributed by atoms with van der Waals surface area (Å²) in [6, 6.07) is 15.0. The Hall–Kier alpha value is -2.82. The summed E-state index contributed by atoms with van der Waals surface area (Å²) in [4.78, 5) is 23.9. The number of rotatable bonds is 8. The lowest BCUT2D eigenvalue weighted by molar-refractivity contribution is -0.122. The molecule has 2 aromatic rings. The van der Waals surface area contributed by atoms with E-state index in [1.807, 2.05) is 13.8 Å². The van der Waals surface area contributed by atoms with Crippen molar-refractivity contribution in [3.8, 4) is 5.75 Å². The number of nitrogens with one attached hydrogen (secondary N) is 2. The van der Waals surface area contributed by atoms with Gasteiger partial charge in [0.05, 0.1) is 6.04 Å². The molecular weight excluding hydrogens is 340 g/mol. The summed E-state index contributed by atoms with van der Waals surface area (Å²) in [7, 11) is 0. The van der Waals surface area contributed by atoms with Crippen molar-refractivity contribution in [3.05, 3.63) is 65.2 Å². The second-order valence-electron chi connectivity index (χ2n) is 6.78. The van der Waals surface area contributed by atoms with Crippen LogP contribution in [0.5, 0.6) is 5.75 Å². The first kappa shape index (κ1) is 20.5. The molecule has 2 N–H and O–H groups in total. The highest BCUT2D eigenvalue weighted by molar-refractivity contribution is 5.94. The van der Waals surface area contributed by atoms with Gasteiger partial charge in [-0.1, -0.05) is 38.1 Å². The number of hydrogen-bond acceptors (Lipinski definition) is 3. The van der Waals surface area contributed by atoms with Crippen LogP contribution < -0.4 is 15.4 Å². The van der Waals surface area contributed by atoms with Crippen LogP contribution in [0.2, 0.25) is 0 Å². The maximum Gasteiger partial charge on any atom is 0.257 e. The average Bonchev–Trinajstić information content (AvgIpc) is 2.67. The molecule has 0 unspecified atom stereocenters. The zero-order valence-corrected chi connectivity index (χ0v) is 16.4. The van der Waals surface area contributed by atoms with E-state index in [0.29, 0.717) is 23.8 Å². The molecule has 0 saturated carbocycles. The van der Waals surface area contributed by atoms with Crippen molar-refractivity contribution in [2.24, 2.45) is 0 Å². The molecule has 0 aliphatic rings. The van der Waals surface area contributed by atoms with Crippen LogP contribution >= 0.6 is 0 Å². The Morgan fingerprint density at radius 3 is 2.07 bits per heavy atom. The topological polar surface area (TPSA) is 67.4 Å². The standard InChI is InChI=1S/C22H28N2O3/c1-5-23-21(25)14-27-20-12-10-19(11-13-20)22(26)24-16(4)18-8-6-17(7-9-18)15(2)3/h6-13,15-16H,5,14H2,1-4H3,(H,23,25)(H,24,26)/t16-/m0/s1. The van der Waals surface area contributed by atoms with Crippen molar-refractivity contribution in [2.45, 2.75) is 39.7 Å². The van der Waals surface area contributed by atoms with Crippen LogP contribution in [-0.2, 0) is 4.79 Å². The molecule has 0 saturated heterocycles. The number of ether oxygens (including phenoxy) is 1. The van der Waals surface area contributed by atoms with Crippen LogP contribution in [-0.4, -0.2) is 25.0 Å². The van der Waals surface area contributed by atoms with Gasteiger partial charge in [0.15, 0.2) is 6.61 Å². The van der Waals surface area contributed by atoms with E-state index >= 15 is 0 Å². The van der Waals surface area contributed by atoms with Crippen LogP contribution in [0.3, 0.4) is 0 Å². The highest BCUT2D eigenvalue weighted by Crippen LogP contribution is 2.19. The lowest BCUT2D eigenvalue weighted by Crippen LogP contribution is -2.28. The normalized spacial score (nSPS) is 11.7. The van der Waals surface area contributed by atoms with Crippen molar-refractivity contribution in [3.63, 3.8) is 0 Å². The maximum absolute atomic E-state index is 12.5. The van der Waals surface area contributed by atoms with Crippen LogP contribution in [0.15, 0.2) is 48.5 Å². The summed E-state index contributed by atoms with van der Waals surface area (Å²) in [5, 5.41) is 5.67. The van der Waals surface area contributed by atoms with Gasteiger partial charge in [0.2, 0.25) is 0 Å². The molecule has 0 fully saturated rings. The molecule has 0 heterocycles. The van der Waals surface area contributed by atoms with Gasteiger partial charge in [-0.2, -0.15) is 0 Å². The molecule has 1 atom stereocenters. The van der Waals surface area contributed by atoms with E-state index < -0.39 is 0 Å². The Kier molecular flexibility index (Phi) is 7.41. The average molecular weight is 368 g/mol. The van der Waals surface area contributed by atoms with Gasteiger partial charge in [-0.05, 0) is 55.2 Å². The quantitative estimate of drug-likeness (QED) is 0.744. The molecule has 2 rings (SSSR count). The molecule has 144 valence electrons. The van der Waals surface area contributed by atoms with E-state index in [2.05, 4.69) is 48.7 Å². The van der Waals surface area contributed by atoms with Crippen LogP contribution in [0.25, 0.3) is 0 Å². The van der Waals surface area contributed by atoms with Gasteiger partial charge in [-0.15, -0.1) is 0 Å². The second kappa shape index (κ2) is 9.76. The van der Waals surface area contributed by atoms with Crippen molar-refractivity contribution in [1.82, 2.24) is 10.6 Å². The number of carbonyl (C=O) groups is 2. The summed E-state index contributed by atoms with van der Waals surface area (Å²) in [5.41, 5.74) is 2.89. The molecule has 5 nitrogen and oxygen atoms in total. The molecule has 0 spiro atoms. The van der Waals surface area contributed by atoms with Gasteiger partial charge in [0.25, 0.3) is 11.8 Å². The largest absolute Gasteiger partial charge is 0.484 e. The molecule has 2 amide bonds. The lowest BCUT2D eigenvalue weighted by atomic mass is 9.99. The monoisotopic (exact) mass is 368 g/mol. The van der Waals surface area contributed by atoms with E-state index in [9.17, 15) is 9.59 Å². The zero-order valence-electron chi connectivity index (χ0n) is 16.4. The summed E-state index contributed by atoms with van der Waals surface area (Å²) < 4.78 is 5.39. The van der Waals surface area contributed by atoms with Crippen LogP contribution in [0.4, 0.5) is 0 Å². The summed E-state index contributed by atoms with van der Waals surface area (Å²) in [5.74, 6) is 0.718. The molecule has 0 aliphatic heterocycles. The summed E-state index contributed by atoms with van der Waals surface area (Å²) in [6.07, 6.45) is 0. The zero-order chi connectivity index (χ0) is 19.8. The molecule has 0 aromatic heterocycles. The smallest absolute Gasteiger partial charge is 0.257 e. The minimum atomic E-state index is -0.170. The number of benzene rings is 2. The van der Waals surface area contributed by atoms with E-state index in [-0.39, 0.29) is 24.5 Å². The third-order valence-electron chi connectivity index (χ3n) is 4.31. The first-order chi connectivity index (χ1) is 12.9. The Morgan fingerprint density at radius 1 is 0.926 bits per heavy atom. The van der Waals surface area contributed by atoms with E-state index in [1.165, 1.54) is 5.56 Å². The Labute approximate surface area is 161 Å². The number of hydrogen-bond donors (Lipinski definition) is 2. The van der Waals surface area contributed by atoms with E-state index in [1.54, 1.807) is 24.3 Å². The molecule has 27 heavy (non-hydrogen) atoms. The molecule has 0 bridgehead atoms. The molecule has 0 aliphatic carbocycles. The fourth-order valence-electron chi connectivity index (χ4n) is 2.63. The number of likely N-dealkylation sites (N-methyl/N-ethyl adjacent to an activating group) is 1. The molecular formula is C22H28N2O3. The van der Waals surface area contributed by atoms with Crippen LogP contribution in [0.1, 0.15) is 61.1 Å². The summed E-state index contributed by atoms with van der Waals surface area (Å²) in [6.45, 7) is 8.66. The highest BCUT2D eigenvalue weighted by atomic mass is 16.5. The van der Waals surface area contributed by atoms with Crippen molar-refractivity contribution < 1.29 is 14.3 Å². The summed E-state index contributed by atoms with van der Waals surface area (Å²) >= 11 is 0. The second-order valence-corrected chi connectivity index (χ2v) is 6.78. The maximum atomic E-state index is 12.5. The van der Waals surface area contributed by atoms with E-state index in [0.717, 1.165) is 5.56 Å². The number of amides is 2. The predicted molar refractivity (Wildman–Crippen MR) is 107 cm³/mol. The van der Waals surface area contributed by atoms with Gasteiger partial charge < -0.3 is 15.4 Å². The third kappa shape index (κ3) is 6.13. The fraction of sp³-hybridized carbons (Fsp3) is 0.364. The molecule has 2 aromatic carbocycles. The van der Waals surface area contributed by atoms with Crippen LogP contribution in [0, 0.1) is 0 Å². The highest BCUT2D eigenvalue weighted by Gasteiger charge is 2.12. The van der Waals surface area contributed by atoms with Crippen molar-refractivity contribution in [1.29, 1.82) is 0 Å². The predicted octanol–water partition coefficient (Wildman–Crippen LogP) is 3.82. The van der Waals surface area contributed by atoms with E-state index in [4.69, 9.17) is 4.74 Å². The first-order valence-corrected chi connectivity index (χ1v) is 9.31. The lowest BCUT2D eigenvalue weighted by Gasteiger charge is -2.16. The van der Waals surface area contributed by atoms with Gasteiger partial charge in [0, 0.05) is 12.1 Å². The molecule has 0 radical (unpaired) electrons. The van der Waals surface area contributed by atoms with Gasteiger partial charge in [-0.25, -0.2) is 0 Å². The van der Waals surface area contributed by atoms with Crippen molar-refractivity contribution >= 4 is 11.8 Å². The SMILES string of the molecule is CCNC(=O)COc1ccc(C(=O)N[C@@H](C)c2ccc(C(C)C)cc2)cc1.